The van der Waals surface area contributed by atoms with E-state index in [1.54, 1.807) is 6.92 Å². The van der Waals surface area contributed by atoms with E-state index in [0.29, 0.717) is 12.8 Å². The van der Waals surface area contributed by atoms with E-state index in [0.717, 1.165) is 0 Å². The van der Waals surface area contributed by atoms with Crippen molar-refractivity contribution < 1.29 is 39.5 Å². The molecule has 152 valence electrons. The quantitative estimate of drug-likeness (QED) is 0.217. The lowest BCUT2D eigenvalue weighted by Gasteiger charge is -2.26. The lowest BCUT2D eigenvalue weighted by molar-refractivity contribution is -0.161. The first-order chi connectivity index (χ1) is 12.0. The fourth-order valence-electron chi connectivity index (χ4n) is 2.05. The molecule has 0 saturated heterocycles. The summed E-state index contributed by atoms with van der Waals surface area (Å²) in [5, 5.41) is 40.8. The third-order valence-corrected chi connectivity index (χ3v) is 3.50. The molecule has 0 radical (unpaired) electrons. The van der Waals surface area contributed by atoms with E-state index in [1.807, 2.05) is 19.2 Å². The van der Waals surface area contributed by atoms with Crippen molar-refractivity contribution in [1.29, 1.82) is 0 Å². The maximum atomic E-state index is 11.6. The summed E-state index contributed by atoms with van der Waals surface area (Å²) in [6.07, 6.45) is -7.12. The molecule has 7 N–H and O–H groups in total. The predicted octanol–water partition coefficient (Wildman–Crippen LogP) is -2.21. The van der Waals surface area contributed by atoms with Gasteiger partial charge >= 0.3 is 5.97 Å². The number of amides is 2. The number of hydrogen-bond donors (Lipinski definition) is 6. The normalized spacial score (nSPS) is 17.1. The molecule has 0 aliphatic heterocycles. The number of aliphatic hydroxyl groups is 4. The number of ether oxygens (including phenoxy) is 1. The number of carbonyl (C=O) groups is 3. The molecule has 5 atom stereocenters. The Hall–Kier alpha value is -1.59. The summed E-state index contributed by atoms with van der Waals surface area (Å²) in [6.45, 7) is 4.75. The molecular weight excluding hydrogens is 348 g/mol. The number of esters is 1. The van der Waals surface area contributed by atoms with Crippen molar-refractivity contribution in [3.63, 3.8) is 0 Å². The summed E-state index contributed by atoms with van der Waals surface area (Å²) in [5.41, 5.74) is 5.61. The zero-order chi connectivity index (χ0) is 20.4. The van der Waals surface area contributed by atoms with Gasteiger partial charge in [0.15, 0.2) is 6.10 Å². The van der Waals surface area contributed by atoms with Gasteiger partial charge in [-0.05, 0) is 18.8 Å². The maximum Gasteiger partial charge on any atom is 0.323 e. The minimum atomic E-state index is -2.15. The SMILES string of the molecule is CCCC(=O)NC(=O)[C@H](O)[C@@H](O)[C@H](O)[C@H](O)COC(=O)[C@@H](N)CC(C)C. The average molecular weight is 378 g/mol. The molecule has 0 saturated carbocycles. The Morgan fingerprint density at radius 3 is 2.15 bits per heavy atom. The van der Waals surface area contributed by atoms with Crippen LogP contribution in [0.2, 0.25) is 0 Å². The number of imide groups is 1. The Kier molecular flexibility index (Phi) is 11.2. The standard InChI is InChI=1S/C16H30N2O8/c1-4-5-11(20)18-15(24)14(23)13(22)12(21)10(19)7-26-16(25)9(17)6-8(2)3/h8-10,12-14,19,21-23H,4-7,17H2,1-3H3,(H,18,20,24)/t9-,10+,12+,13-,14+/m0/s1. The van der Waals surface area contributed by atoms with Crippen molar-refractivity contribution in [3.8, 4) is 0 Å². The van der Waals surface area contributed by atoms with Gasteiger partial charge in [-0.25, -0.2) is 0 Å². The van der Waals surface area contributed by atoms with Crippen LogP contribution in [0.1, 0.15) is 40.0 Å². The van der Waals surface area contributed by atoms with Crippen molar-refractivity contribution in [2.45, 2.75) is 70.5 Å². The first-order valence-electron chi connectivity index (χ1n) is 8.49. The lowest BCUT2D eigenvalue weighted by atomic mass is 10.0. The van der Waals surface area contributed by atoms with E-state index < -0.39 is 54.8 Å². The van der Waals surface area contributed by atoms with Gasteiger partial charge < -0.3 is 30.9 Å². The number of rotatable bonds is 11. The van der Waals surface area contributed by atoms with Gasteiger partial charge in [-0.3, -0.25) is 19.7 Å². The van der Waals surface area contributed by atoms with Crippen LogP contribution in [0, 0.1) is 5.92 Å². The van der Waals surface area contributed by atoms with Crippen LogP contribution in [0.4, 0.5) is 0 Å². The summed E-state index contributed by atoms with van der Waals surface area (Å²) in [6, 6.07) is -0.898. The number of aliphatic hydroxyl groups excluding tert-OH is 4. The van der Waals surface area contributed by atoms with Gasteiger partial charge in [0.1, 0.15) is 31.0 Å². The number of hydrogen-bond acceptors (Lipinski definition) is 9. The molecule has 0 unspecified atom stereocenters. The Labute approximate surface area is 152 Å². The molecule has 0 aromatic heterocycles. The molecule has 10 nitrogen and oxygen atoms in total. The molecule has 0 fully saturated rings. The highest BCUT2D eigenvalue weighted by atomic mass is 16.5. The molecule has 0 aromatic carbocycles. The smallest absolute Gasteiger partial charge is 0.323 e. The van der Waals surface area contributed by atoms with E-state index in [9.17, 15) is 34.8 Å². The molecule has 2 amide bonds. The van der Waals surface area contributed by atoms with Crippen molar-refractivity contribution in [2.75, 3.05) is 6.61 Å². The monoisotopic (exact) mass is 378 g/mol. The Morgan fingerprint density at radius 1 is 1.08 bits per heavy atom. The molecule has 0 bridgehead atoms. The Balaban J connectivity index is 4.52. The van der Waals surface area contributed by atoms with Gasteiger partial charge in [-0.15, -0.1) is 0 Å². The Bertz CT molecular complexity index is 471. The predicted molar refractivity (Wildman–Crippen MR) is 90.5 cm³/mol. The largest absolute Gasteiger partial charge is 0.462 e. The summed E-state index contributed by atoms with van der Waals surface area (Å²) in [4.78, 5) is 34.6. The third-order valence-electron chi connectivity index (χ3n) is 3.50. The fraction of sp³-hybridized carbons (Fsp3) is 0.812. The van der Waals surface area contributed by atoms with Gasteiger partial charge in [0.2, 0.25) is 5.91 Å². The number of carbonyl (C=O) groups excluding carboxylic acids is 3. The highest BCUT2D eigenvalue weighted by Gasteiger charge is 2.35. The molecule has 26 heavy (non-hydrogen) atoms. The first kappa shape index (κ1) is 24.4. The van der Waals surface area contributed by atoms with Gasteiger partial charge in [-0.2, -0.15) is 0 Å². The second kappa shape index (κ2) is 11.9. The molecule has 0 aliphatic carbocycles. The zero-order valence-electron chi connectivity index (χ0n) is 15.3. The summed E-state index contributed by atoms with van der Waals surface area (Å²) in [7, 11) is 0. The first-order valence-corrected chi connectivity index (χ1v) is 8.49. The van der Waals surface area contributed by atoms with Gasteiger partial charge in [0, 0.05) is 6.42 Å². The lowest BCUT2D eigenvalue weighted by Crippen LogP contribution is -2.53. The van der Waals surface area contributed by atoms with Crippen LogP contribution in [-0.4, -0.2) is 75.3 Å². The summed E-state index contributed by atoms with van der Waals surface area (Å²) < 4.78 is 4.75. The van der Waals surface area contributed by atoms with E-state index in [-0.39, 0.29) is 12.3 Å². The topological polar surface area (TPSA) is 179 Å². The van der Waals surface area contributed by atoms with Crippen LogP contribution < -0.4 is 11.1 Å². The minimum Gasteiger partial charge on any atom is -0.462 e. The second-order valence-electron chi connectivity index (χ2n) is 6.52. The van der Waals surface area contributed by atoms with Crippen LogP contribution >= 0.6 is 0 Å². The van der Waals surface area contributed by atoms with Crippen molar-refractivity contribution in [3.05, 3.63) is 0 Å². The van der Waals surface area contributed by atoms with Gasteiger partial charge in [-0.1, -0.05) is 20.8 Å². The molecule has 0 aliphatic rings. The number of nitrogens with one attached hydrogen (secondary N) is 1. The highest BCUT2D eigenvalue weighted by molar-refractivity contribution is 5.97. The van der Waals surface area contributed by atoms with Gasteiger partial charge in [0.25, 0.3) is 5.91 Å². The van der Waals surface area contributed by atoms with Crippen LogP contribution in [0.5, 0.6) is 0 Å². The van der Waals surface area contributed by atoms with Crippen LogP contribution in [0.25, 0.3) is 0 Å². The van der Waals surface area contributed by atoms with E-state index in [4.69, 9.17) is 10.5 Å². The van der Waals surface area contributed by atoms with E-state index >= 15 is 0 Å². The average Bonchev–Trinajstić information content (AvgIpc) is 2.56. The van der Waals surface area contributed by atoms with E-state index in [2.05, 4.69) is 0 Å². The van der Waals surface area contributed by atoms with Crippen molar-refractivity contribution in [1.82, 2.24) is 5.32 Å². The van der Waals surface area contributed by atoms with Gasteiger partial charge in [0.05, 0.1) is 0 Å². The maximum absolute atomic E-state index is 11.6. The molecule has 0 heterocycles. The molecule has 10 heteroatoms. The summed E-state index contributed by atoms with van der Waals surface area (Å²) in [5.74, 6) is -2.49. The second-order valence-corrected chi connectivity index (χ2v) is 6.52. The molecule has 0 rings (SSSR count). The van der Waals surface area contributed by atoms with E-state index in [1.165, 1.54) is 0 Å². The van der Waals surface area contributed by atoms with Crippen LogP contribution in [0.15, 0.2) is 0 Å². The van der Waals surface area contributed by atoms with Crippen LogP contribution in [-0.2, 0) is 19.1 Å². The Morgan fingerprint density at radius 2 is 1.65 bits per heavy atom. The van der Waals surface area contributed by atoms with Crippen LogP contribution in [0.3, 0.4) is 0 Å². The highest BCUT2D eigenvalue weighted by Crippen LogP contribution is 2.08. The molecule has 0 spiro atoms. The summed E-state index contributed by atoms with van der Waals surface area (Å²) >= 11 is 0. The molecular formula is C16H30N2O8. The zero-order valence-corrected chi connectivity index (χ0v) is 15.3. The minimum absolute atomic E-state index is 0.0479. The van der Waals surface area contributed by atoms with Crippen molar-refractivity contribution >= 4 is 17.8 Å². The fourth-order valence-corrected chi connectivity index (χ4v) is 2.05. The third kappa shape index (κ3) is 8.68. The number of nitrogens with two attached hydrogens (primary N) is 1. The van der Waals surface area contributed by atoms with Crippen molar-refractivity contribution in [2.24, 2.45) is 11.7 Å². The molecule has 0 aromatic rings.